The Bertz CT molecular complexity index is 779. The highest BCUT2D eigenvalue weighted by molar-refractivity contribution is 7.99. The number of rotatable bonds is 2. The fraction of sp³-hybridized carbons (Fsp3) is 0.118. The van der Waals surface area contributed by atoms with Crippen LogP contribution in [0.15, 0.2) is 59.9 Å². The van der Waals surface area contributed by atoms with Crippen molar-refractivity contribution < 1.29 is 4.39 Å². The van der Waals surface area contributed by atoms with E-state index in [4.69, 9.17) is 0 Å². The molecule has 1 aliphatic heterocycles. The summed E-state index contributed by atoms with van der Waals surface area (Å²) in [5.74, 6) is 0.895. The fourth-order valence-corrected chi connectivity index (χ4v) is 3.80. The Morgan fingerprint density at radius 3 is 2.52 bits per heavy atom. The van der Waals surface area contributed by atoms with E-state index in [0.29, 0.717) is 0 Å². The van der Waals surface area contributed by atoms with E-state index in [1.165, 1.54) is 28.4 Å². The highest BCUT2D eigenvalue weighted by atomic mass is 32.2. The predicted molar refractivity (Wildman–Crippen MR) is 83.8 cm³/mol. The molecule has 2 nitrogen and oxygen atoms in total. The topological polar surface area (TPSA) is 17.8 Å². The van der Waals surface area contributed by atoms with Crippen molar-refractivity contribution in [2.24, 2.45) is 0 Å². The van der Waals surface area contributed by atoms with Gasteiger partial charge in [0, 0.05) is 30.3 Å². The lowest BCUT2D eigenvalue weighted by Gasteiger charge is -2.10. The molecule has 0 spiro atoms. The van der Waals surface area contributed by atoms with Gasteiger partial charge in [0.1, 0.15) is 5.82 Å². The van der Waals surface area contributed by atoms with Crippen molar-refractivity contribution in [3.05, 3.63) is 60.7 Å². The zero-order valence-electron chi connectivity index (χ0n) is 11.3. The second-order valence-electron chi connectivity index (χ2n) is 4.99. The van der Waals surface area contributed by atoms with Crippen LogP contribution in [0.25, 0.3) is 22.4 Å². The summed E-state index contributed by atoms with van der Waals surface area (Å²) >= 11 is 1.87. The molecule has 4 rings (SSSR count). The molecule has 3 heterocycles. The first kappa shape index (κ1) is 12.7. The molecule has 3 aromatic rings. The number of hydrogen-bond donors (Lipinski definition) is 0. The molecular weight excluding hydrogens is 283 g/mol. The zero-order chi connectivity index (χ0) is 14.2. The van der Waals surface area contributed by atoms with E-state index >= 15 is 0 Å². The molecule has 0 amide bonds. The molecule has 0 atom stereocenters. The number of aromatic nitrogens is 2. The molecule has 2 aromatic heterocycles. The summed E-state index contributed by atoms with van der Waals surface area (Å²) < 4.78 is 15.5. The zero-order valence-corrected chi connectivity index (χ0v) is 12.1. The van der Waals surface area contributed by atoms with Crippen molar-refractivity contribution >= 4 is 11.8 Å². The first-order valence-corrected chi connectivity index (χ1v) is 7.84. The Hall–Kier alpha value is -2.07. The van der Waals surface area contributed by atoms with E-state index in [2.05, 4.69) is 15.6 Å². The van der Waals surface area contributed by atoms with Crippen LogP contribution in [-0.4, -0.2) is 15.3 Å². The van der Waals surface area contributed by atoms with Crippen LogP contribution in [0.1, 0.15) is 0 Å². The number of hydrogen-bond acceptors (Lipinski definition) is 2. The molecule has 0 fully saturated rings. The largest absolute Gasteiger partial charge is 0.334 e. The fourth-order valence-electron chi connectivity index (χ4n) is 2.78. The predicted octanol–water partition coefficient (Wildman–Crippen LogP) is 4.46. The maximum Gasteiger partial charge on any atom is 0.123 e. The lowest BCUT2D eigenvalue weighted by molar-refractivity contribution is 0.628. The second kappa shape index (κ2) is 5.04. The number of benzene rings is 1. The molecule has 21 heavy (non-hydrogen) atoms. The molecule has 104 valence electrons. The van der Waals surface area contributed by atoms with Crippen LogP contribution in [-0.2, 0) is 6.54 Å². The average molecular weight is 296 g/mol. The molecule has 0 bridgehead atoms. The molecule has 1 aliphatic rings. The van der Waals surface area contributed by atoms with Gasteiger partial charge < -0.3 is 4.57 Å². The Balaban J connectivity index is 1.94. The van der Waals surface area contributed by atoms with Crippen LogP contribution >= 0.6 is 11.8 Å². The van der Waals surface area contributed by atoms with Crippen molar-refractivity contribution in [1.29, 1.82) is 0 Å². The molecule has 0 saturated carbocycles. The van der Waals surface area contributed by atoms with Crippen LogP contribution in [0.3, 0.4) is 0 Å². The van der Waals surface area contributed by atoms with Crippen LogP contribution < -0.4 is 0 Å². The number of thioether (sulfide) groups is 1. The molecule has 0 saturated heterocycles. The normalized spacial score (nSPS) is 13.4. The average Bonchev–Trinajstić information content (AvgIpc) is 3.10. The quantitative estimate of drug-likeness (QED) is 0.694. The van der Waals surface area contributed by atoms with Gasteiger partial charge in [-0.05, 0) is 53.6 Å². The van der Waals surface area contributed by atoms with E-state index in [0.717, 1.165) is 23.4 Å². The van der Waals surface area contributed by atoms with Crippen LogP contribution in [0.4, 0.5) is 4.39 Å². The summed E-state index contributed by atoms with van der Waals surface area (Å²) in [5, 5.41) is 1.28. The molecule has 0 unspecified atom stereocenters. The Kier molecular flexibility index (Phi) is 3.04. The smallest absolute Gasteiger partial charge is 0.123 e. The van der Waals surface area contributed by atoms with E-state index in [-0.39, 0.29) is 5.82 Å². The van der Waals surface area contributed by atoms with Gasteiger partial charge in [-0.15, -0.1) is 11.8 Å². The van der Waals surface area contributed by atoms with E-state index < -0.39 is 0 Å². The third kappa shape index (κ3) is 2.16. The summed E-state index contributed by atoms with van der Waals surface area (Å²) in [4.78, 5) is 4.09. The summed E-state index contributed by atoms with van der Waals surface area (Å²) in [6, 6.07) is 13.0. The van der Waals surface area contributed by atoms with Gasteiger partial charge in [0.15, 0.2) is 0 Å². The SMILES string of the molecule is Fc1ccc(-c2c(-c3ccncc3)cc3n2CCS3)cc1. The molecule has 0 radical (unpaired) electrons. The van der Waals surface area contributed by atoms with Crippen LogP contribution in [0.5, 0.6) is 0 Å². The number of pyridine rings is 1. The molecular formula is C17H13FN2S. The van der Waals surface area contributed by atoms with Crippen molar-refractivity contribution in [3.8, 4) is 22.4 Å². The Morgan fingerprint density at radius 1 is 1.00 bits per heavy atom. The van der Waals surface area contributed by atoms with Gasteiger partial charge in [-0.2, -0.15) is 0 Å². The summed E-state index contributed by atoms with van der Waals surface area (Å²) in [6.07, 6.45) is 3.61. The van der Waals surface area contributed by atoms with Crippen LogP contribution in [0.2, 0.25) is 0 Å². The minimum atomic E-state index is -0.202. The monoisotopic (exact) mass is 296 g/mol. The highest BCUT2D eigenvalue weighted by Crippen LogP contribution is 2.41. The first-order chi connectivity index (χ1) is 10.3. The maximum absolute atomic E-state index is 13.2. The van der Waals surface area contributed by atoms with E-state index in [1.54, 1.807) is 12.4 Å². The standard InChI is InChI=1S/C17H13FN2S/c18-14-3-1-13(2-4-14)17-15(12-5-7-19-8-6-12)11-16-20(17)9-10-21-16/h1-8,11H,9-10H2. The van der Waals surface area contributed by atoms with Crippen LogP contribution in [0, 0.1) is 5.82 Å². The van der Waals surface area contributed by atoms with Crippen molar-refractivity contribution in [3.63, 3.8) is 0 Å². The number of nitrogens with zero attached hydrogens (tertiary/aromatic N) is 2. The maximum atomic E-state index is 13.2. The van der Waals surface area contributed by atoms with Gasteiger partial charge >= 0.3 is 0 Å². The summed E-state index contributed by atoms with van der Waals surface area (Å²) in [6.45, 7) is 0.998. The van der Waals surface area contributed by atoms with Crippen molar-refractivity contribution in [2.75, 3.05) is 5.75 Å². The van der Waals surface area contributed by atoms with E-state index in [1.807, 2.05) is 36.0 Å². The molecule has 0 N–H and O–H groups in total. The molecule has 1 aromatic carbocycles. The molecule has 0 aliphatic carbocycles. The van der Waals surface area contributed by atoms with Gasteiger partial charge in [-0.25, -0.2) is 4.39 Å². The van der Waals surface area contributed by atoms with Gasteiger partial charge in [0.05, 0.1) is 10.7 Å². The first-order valence-electron chi connectivity index (χ1n) is 6.85. The molecule has 4 heteroatoms. The lowest BCUT2D eigenvalue weighted by atomic mass is 10.0. The van der Waals surface area contributed by atoms with Crippen molar-refractivity contribution in [1.82, 2.24) is 9.55 Å². The third-order valence-electron chi connectivity index (χ3n) is 3.73. The highest BCUT2D eigenvalue weighted by Gasteiger charge is 2.21. The van der Waals surface area contributed by atoms with Crippen molar-refractivity contribution in [2.45, 2.75) is 11.6 Å². The van der Waals surface area contributed by atoms with Gasteiger partial charge in [-0.1, -0.05) is 0 Å². The lowest BCUT2D eigenvalue weighted by Crippen LogP contribution is -1.97. The number of fused-ring (bicyclic) bond motifs is 1. The van der Waals surface area contributed by atoms with E-state index in [9.17, 15) is 4.39 Å². The third-order valence-corrected chi connectivity index (χ3v) is 4.75. The Morgan fingerprint density at radius 2 is 1.76 bits per heavy atom. The van der Waals surface area contributed by atoms with Gasteiger partial charge in [0.2, 0.25) is 0 Å². The minimum absolute atomic E-state index is 0.202. The minimum Gasteiger partial charge on any atom is -0.334 e. The van der Waals surface area contributed by atoms with Gasteiger partial charge in [-0.3, -0.25) is 4.98 Å². The van der Waals surface area contributed by atoms with Gasteiger partial charge in [0.25, 0.3) is 0 Å². The summed E-state index contributed by atoms with van der Waals surface area (Å²) in [5.41, 5.74) is 4.55. The number of halogens is 1. The Labute approximate surface area is 126 Å². The second-order valence-corrected chi connectivity index (χ2v) is 6.10. The summed E-state index contributed by atoms with van der Waals surface area (Å²) in [7, 11) is 0.